The van der Waals surface area contributed by atoms with Crippen molar-refractivity contribution in [1.82, 2.24) is 25.5 Å². The third-order valence-corrected chi connectivity index (χ3v) is 11.3. The lowest BCUT2D eigenvalue weighted by atomic mass is 9.99. The molecule has 2 heterocycles. The van der Waals surface area contributed by atoms with E-state index in [4.69, 9.17) is 15.2 Å². The highest BCUT2D eigenvalue weighted by Crippen LogP contribution is 2.40. The van der Waals surface area contributed by atoms with Gasteiger partial charge in [-0.25, -0.2) is 0 Å². The number of nitrogen functional groups attached to an aromatic ring is 1. The van der Waals surface area contributed by atoms with Gasteiger partial charge in [-0.3, -0.25) is 9.59 Å². The van der Waals surface area contributed by atoms with Crippen molar-refractivity contribution >= 4 is 35.0 Å². The average molecular weight is 828 g/mol. The highest BCUT2D eigenvalue weighted by atomic mass is 32.2. The Morgan fingerprint density at radius 1 is 0.783 bits per heavy atom. The fourth-order valence-corrected chi connectivity index (χ4v) is 7.85. The van der Waals surface area contributed by atoms with Crippen LogP contribution in [0.2, 0.25) is 0 Å². The molecule has 310 valence electrons. The van der Waals surface area contributed by atoms with Gasteiger partial charge in [0.25, 0.3) is 0 Å². The Morgan fingerprint density at radius 2 is 1.52 bits per heavy atom. The van der Waals surface area contributed by atoms with Crippen molar-refractivity contribution in [3.63, 3.8) is 0 Å². The van der Waals surface area contributed by atoms with Gasteiger partial charge in [0.2, 0.25) is 17.0 Å². The average Bonchev–Trinajstić information content (AvgIpc) is 3.76. The molecule has 0 saturated carbocycles. The molecule has 1 aliphatic rings. The monoisotopic (exact) mass is 827 g/mol. The van der Waals surface area contributed by atoms with Crippen LogP contribution in [0, 0.1) is 0 Å². The number of benzene rings is 5. The normalized spacial score (nSPS) is 16.3. The summed E-state index contributed by atoms with van der Waals surface area (Å²) in [7, 11) is 0. The number of para-hydroxylation sites is 2. The number of unbranched alkanes of at least 4 members (excludes halogenated alkanes) is 3. The third kappa shape index (κ3) is 11.6. The van der Waals surface area contributed by atoms with Crippen molar-refractivity contribution in [2.24, 2.45) is 0 Å². The first-order valence-corrected chi connectivity index (χ1v) is 21.1. The van der Waals surface area contributed by atoms with E-state index in [1.165, 1.54) is 11.8 Å². The molecule has 60 heavy (non-hydrogen) atoms. The minimum Gasteiger partial charge on any atom is -0.508 e. The van der Waals surface area contributed by atoms with E-state index in [0.717, 1.165) is 64.8 Å². The van der Waals surface area contributed by atoms with Crippen LogP contribution in [-0.4, -0.2) is 54.1 Å². The maximum Gasteiger partial charge on any atom is 0.224 e. The Morgan fingerprint density at radius 3 is 2.27 bits per heavy atom. The van der Waals surface area contributed by atoms with Gasteiger partial charge in [-0.15, -0.1) is 5.10 Å². The molecule has 1 aliphatic heterocycles. The van der Waals surface area contributed by atoms with Crippen molar-refractivity contribution in [3.05, 3.63) is 144 Å². The second kappa shape index (κ2) is 20.8. The zero-order chi connectivity index (χ0) is 41.7. The number of phenolic OH excluding ortho intramolecular Hbond substituents is 1. The first-order valence-electron chi connectivity index (χ1n) is 20.1. The molecule has 0 spiro atoms. The summed E-state index contributed by atoms with van der Waals surface area (Å²) >= 11 is 1.48. The second-order valence-corrected chi connectivity index (χ2v) is 15.7. The van der Waals surface area contributed by atoms with Crippen LogP contribution in [0.15, 0.2) is 126 Å². The molecule has 5 aromatic carbocycles. The van der Waals surface area contributed by atoms with E-state index in [9.17, 15) is 19.8 Å². The number of amides is 2. The molecule has 1 saturated heterocycles. The maximum atomic E-state index is 12.6. The molecule has 6 N–H and O–H groups in total. The molecule has 0 bridgehead atoms. The summed E-state index contributed by atoms with van der Waals surface area (Å²) in [5, 5.41) is 38.1. The number of rotatable bonds is 18. The highest BCUT2D eigenvalue weighted by molar-refractivity contribution is 7.99. The molecule has 1 aromatic heterocycles. The molecule has 0 aliphatic carbocycles. The zero-order valence-electron chi connectivity index (χ0n) is 33.2. The van der Waals surface area contributed by atoms with Crippen LogP contribution < -0.4 is 16.4 Å². The Balaban J connectivity index is 0.912. The van der Waals surface area contributed by atoms with Gasteiger partial charge in [-0.1, -0.05) is 103 Å². The lowest BCUT2D eigenvalue weighted by Gasteiger charge is -2.36. The number of hydrogen-bond donors (Lipinski definition) is 5. The van der Waals surface area contributed by atoms with E-state index in [-0.39, 0.29) is 36.4 Å². The van der Waals surface area contributed by atoms with Gasteiger partial charge < -0.3 is 36.1 Å². The Hall–Kier alpha value is -6.06. The smallest absolute Gasteiger partial charge is 0.224 e. The predicted molar refractivity (Wildman–Crippen MR) is 231 cm³/mol. The van der Waals surface area contributed by atoms with Gasteiger partial charge in [0.05, 0.1) is 35.9 Å². The summed E-state index contributed by atoms with van der Waals surface area (Å²) in [4.78, 5) is 24.9. The number of thioether (sulfide) groups is 1. The standard InChI is InChI=1S/C46H49N7O6S/c47-40-10-5-6-11-41(40)49-44(57)13-4-2-1-3-12-43(56)48-28-32-8-7-9-36(26-32)33-18-20-35(21-19-33)45-58-39(27-42(59-45)34-16-14-31(29-54)15-17-34)30-60-46-50-51-52-53(46)37-22-24-38(55)25-23-37/h5-11,14-26,39,42,45,54-55H,1-4,12-13,27-30,47H2,(H,48,56)(H,49,57)/t39-,42+,45+/m1/s1. The molecule has 3 atom stereocenters. The molecule has 0 radical (unpaired) electrons. The minimum atomic E-state index is -0.630. The summed E-state index contributed by atoms with van der Waals surface area (Å²) < 4.78 is 14.8. The number of aromatic nitrogens is 4. The number of aromatic hydroxyl groups is 1. The van der Waals surface area contributed by atoms with Gasteiger partial charge in [-0.2, -0.15) is 4.68 Å². The Kier molecular flexibility index (Phi) is 14.6. The van der Waals surface area contributed by atoms with Crippen molar-refractivity contribution in [2.75, 3.05) is 16.8 Å². The van der Waals surface area contributed by atoms with Crippen LogP contribution in [-0.2, 0) is 32.2 Å². The van der Waals surface area contributed by atoms with E-state index < -0.39 is 6.29 Å². The number of carbonyl (C=O) groups is 2. The number of phenols is 1. The fraction of sp³-hybridized carbons (Fsp3) is 0.283. The maximum absolute atomic E-state index is 12.6. The number of ether oxygens (including phenoxy) is 2. The third-order valence-electron chi connectivity index (χ3n) is 10.3. The number of carbonyl (C=O) groups excluding carboxylic acids is 2. The van der Waals surface area contributed by atoms with Gasteiger partial charge in [-0.05, 0) is 93.6 Å². The predicted octanol–water partition coefficient (Wildman–Crippen LogP) is 8.04. The molecule has 14 heteroatoms. The van der Waals surface area contributed by atoms with E-state index >= 15 is 0 Å². The summed E-state index contributed by atoms with van der Waals surface area (Å²) in [5.74, 6) is 0.675. The number of aliphatic hydroxyl groups excluding tert-OH is 1. The number of nitrogens with one attached hydrogen (secondary N) is 2. The number of hydrogen-bond acceptors (Lipinski definition) is 11. The SMILES string of the molecule is Nc1ccccc1NC(=O)CCCCCCC(=O)NCc1cccc(-c2ccc([C@H]3O[C@@H](CSc4nnnn4-c4ccc(O)cc4)C[C@@H](c4ccc(CO)cc4)O3)cc2)c1. The fourth-order valence-electron chi connectivity index (χ4n) is 6.95. The van der Waals surface area contributed by atoms with Crippen LogP contribution in [0.1, 0.15) is 79.6 Å². The molecule has 13 nitrogen and oxygen atoms in total. The molecule has 6 aromatic rings. The second-order valence-electron chi connectivity index (χ2n) is 14.7. The minimum absolute atomic E-state index is 0.00443. The summed E-state index contributed by atoms with van der Waals surface area (Å²) in [6.45, 7) is 0.396. The van der Waals surface area contributed by atoms with Gasteiger partial charge in [0.15, 0.2) is 6.29 Å². The van der Waals surface area contributed by atoms with Crippen LogP contribution in [0.3, 0.4) is 0 Å². The zero-order valence-corrected chi connectivity index (χ0v) is 34.0. The molecule has 7 rings (SSSR count). The summed E-state index contributed by atoms with van der Waals surface area (Å²) in [6, 6.07) is 38.0. The number of nitrogens with zero attached hydrogens (tertiary/aromatic N) is 4. The van der Waals surface area contributed by atoms with E-state index in [1.54, 1.807) is 41.1 Å². The Labute approximate surface area is 353 Å². The van der Waals surface area contributed by atoms with Gasteiger partial charge in [0.1, 0.15) is 5.75 Å². The number of nitrogens with two attached hydrogens (primary N) is 1. The number of tetrazole rings is 1. The van der Waals surface area contributed by atoms with E-state index in [2.05, 4.69) is 44.4 Å². The molecule has 1 fully saturated rings. The molecule has 0 unspecified atom stereocenters. The van der Waals surface area contributed by atoms with Crippen LogP contribution in [0.4, 0.5) is 11.4 Å². The van der Waals surface area contributed by atoms with Crippen molar-refractivity contribution in [1.29, 1.82) is 0 Å². The first-order chi connectivity index (χ1) is 29.3. The highest BCUT2D eigenvalue weighted by Gasteiger charge is 2.33. The molecular formula is C46H49N7O6S. The lowest BCUT2D eigenvalue weighted by Crippen LogP contribution is -2.31. The van der Waals surface area contributed by atoms with Crippen LogP contribution in [0.25, 0.3) is 16.8 Å². The van der Waals surface area contributed by atoms with E-state index in [1.807, 2.05) is 66.7 Å². The van der Waals surface area contributed by atoms with Crippen molar-refractivity contribution in [3.8, 4) is 22.6 Å². The van der Waals surface area contributed by atoms with Crippen LogP contribution >= 0.6 is 11.8 Å². The molecule has 2 amide bonds. The summed E-state index contributed by atoms with van der Waals surface area (Å²) in [5.41, 5.74) is 13.6. The van der Waals surface area contributed by atoms with Gasteiger partial charge >= 0.3 is 0 Å². The quantitative estimate of drug-likeness (QED) is 0.0321. The van der Waals surface area contributed by atoms with Crippen molar-refractivity contribution < 1.29 is 29.3 Å². The number of anilines is 2. The summed E-state index contributed by atoms with van der Waals surface area (Å²) in [6.07, 6.45) is 3.64. The molecular weight excluding hydrogens is 779 g/mol. The largest absolute Gasteiger partial charge is 0.508 e. The topological polar surface area (TPSA) is 187 Å². The number of aliphatic hydroxyl groups is 1. The van der Waals surface area contributed by atoms with Crippen molar-refractivity contribution in [2.45, 2.75) is 81.8 Å². The first kappa shape index (κ1) is 42.1. The lowest BCUT2D eigenvalue weighted by molar-refractivity contribution is -0.245. The Bertz CT molecular complexity index is 2320. The van der Waals surface area contributed by atoms with E-state index in [0.29, 0.717) is 48.1 Å². The van der Waals surface area contributed by atoms with Gasteiger partial charge in [0, 0.05) is 37.1 Å². The van der Waals surface area contributed by atoms with Crippen LogP contribution in [0.5, 0.6) is 5.75 Å².